The van der Waals surface area contributed by atoms with Crippen molar-refractivity contribution in [3.05, 3.63) is 0 Å². The van der Waals surface area contributed by atoms with Crippen molar-refractivity contribution in [2.45, 2.75) is 13.3 Å². The average Bonchev–Trinajstić information content (AvgIpc) is 1.37. The highest BCUT2D eigenvalue weighted by molar-refractivity contribution is 14.0. The first-order chi connectivity index (χ1) is 1.91. The molecular formula is C3H8ClI. The van der Waals surface area contributed by atoms with Gasteiger partial charge in [-0.25, -0.2) is 0 Å². The van der Waals surface area contributed by atoms with Crippen molar-refractivity contribution in [3.8, 4) is 0 Å². The Morgan fingerprint density at radius 1 is 1.60 bits per heavy atom. The zero-order chi connectivity index (χ0) is 3.41. The lowest BCUT2D eigenvalue weighted by molar-refractivity contribution is 1.10. The van der Waals surface area contributed by atoms with E-state index in [0.29, 0.717) is 0 Å². The van der Waals surface area contributed by atoms with Crippen molar-refractivity contribution in [1.29, 1.82) is 0 Å². The summed E-state index contributed by atoms with van der Waals surface area (Å²) in [5.74, 6) is 0.792. The summed E-state index contributed by atoms with van der Waals surface area (Å²) >= 11 is 5.19. The molecule has 0 fully saturated rings. The second-order valence-corrected chi connectivity index (χ2v) is 1.07. The fourth-order valence-electron chi connectivity index (χ4n) is 0. The molecule has 0 aliphatic carbocycles. The molecule has 0 nitrogen and oxygen atoms in total. The zero-order valence-electron chi connectivity index (χ0n) is 3.20. The molecule has 0 spiro atoms. The van der Waals surface area contributed by atoms with Crippen LogP contribution in [-0.2, 0) is 0 Å². The van der Waals surface area contributed by atoms with E-state index in [9.17, 15) is 0 Å². The van der Waals surface area contributed by atoms with E-state index in [-0.39, 0.29) is 24.0 Å². The maximum atomic E-state index is 5.19. The Labute approximate surface area is 54.9 Å². The van der Waals surface area contributed by atoms with Gasteiger partial charge in [-0.1, -0.05) is 6.92 Å². The Kier molecular flexibility index (Phi) is 16.7. The van der Waals surface area contributed by atoms with E-state index in [4.69, 9.17) is 11.6 Å². The van der Waals surface area contributed by atoms with E-state index in [1.54, 1.807) is 0 Å². The highest BCUT2D eigenvalue weighted by Crippen LogP contribution is 1.75. The van der Waals surface area contributed by atoms with Crippen molar-refractivity contribution in [2.75, 3.05) is 5.88 Å². The first-order valence-corrected chi connectivity index (χ1v) is 2.01. The van der Waals surface area contributed by atoms with Gasteiger partial charge in [0, 0.05) is 5.88 Å². The summed E-state index contributed by atoms with van der Waals surface area (Å²) < 4.78 is 0. The lowest BCUT2D eigenvalue weighted by Crippen LogP contribution is -1.55. The van der Waals surface area contributed by atoms with Crippen LogP contribution >= 0.6 is 35.6 Å². The minimum atomic E-state index is 0. The summed E-state index contributed by atoms with van der Waals surface area (Å²) in [6.07, 6.45) is 1.08. The van der Waals surface area contributed by atoms with Gasteiger partial charge in [-0.15, -0.1) is 35.6 Å². The van der Waals surface area contributed by atoms with Crippen LogP contribution in [0.25, 0.3) is 0 Å². The molecule has 0 bridgehead atoms. The lowest BCUT2D eigenvalue weighted by Gasteiger charge is -1.65. The van der Waals surface area contributed by atoms with Gasteiger partial charge in [0.25, 0.3) is 0 Å². The Bertz CT molecular complexity index is 8.85. The molecule has 0 radical (unpaired) electrons. The lowest BCUT2D eigenvalue weighted by atomic mass is 10.6. The fourth-order valence-corrected chi connectivity index (χ4v) is 0. The molecule has 0 aromatic rings. The van der Waals surface area contributed by atoms with Crippen LogP contribution in [-0.4, -0.2) is 5.88 Å². The molecular weight excluding hydrogens is 198 g/mol. The van der Waals surface area contributed by atoms with Crippen LogP contribution in [0.2, 0.25) is 0 Å². The third-order valence-electron chi connectivity index (χ3n) is 0.189. The highest BCUT2D eigenvalue weighted by atomic mass is 127. The molecule has 2 heteroatoms. The Morgan fingerprint density at radius 2 is 1.80 bits per heavy atom. The number of hydrogen-bond acceptors (Lipinski definition) is 0. The molecule has 0 saturated heterocycles. The molecule has 0 atom stereocenters. The quantitative estimate of drug-likeness (QED) is 0.456. The zero-order valence-corrected chi connectivity index (χ0v) is 6.29. The van der Waals surface area contributed by atoms with Gasteiger partial charge in [-0.2, -0.15) is 0 Å². The van der Waals surface area contributed by atoms with Gasteiger partial charge < -0.3 is 0 Å². The second-order valence-electron chi connectivity index (χ2n) is 0.689. The van der Waals surface area contributed by atoms with Gasteiger partial charge >= 0.3 is 0 Å². The Balaban J connectivity index is 0. The van der Waals surface area contributed by atoms with Gasteiger partial charge in [0.1, 0.15) is 0 Å². The van der Waals surface area contributed by atoms with Gasteiger partial charge in [0.2, 0.25) is 0 Å². The van der Waals surface area contributed by atoms with Crippen LogP contribution in [0, 0.1) is 0 Å². The van der Waals surface area contributed by atoms with Gasteiger partial charge in [0.15, 0.2) is 0 Å². The molecule has 0 aliphatic heterocycles. The number of rotatable bonds is 1. The van der Waals surface area contributed by atoms with Gasteiger partial charge in [0.05, 0.1) is 0 Å². The van der Waals surface area contributed by atoms with Gasteiger partial charge in [-0.05, 0) is 6.42 Å². The molecule has 0 aromatic heterocycles. The second kappa shape index (κ2) is 8.89. The monoisotopic (exact) mass is 206 g/mol. The van der Waals surface area contributed by atoms with Crippen molar-refractivity contribution >= 4 is 35.6 Å². The normalized spacial score (nSPS) is 6.00. The third kappa shape index (κ3) is 11.2. The molecule has 0 aliphatic rings. The topological polar surface area (TPSA) is 0 Å². The highest BCUT2D eigenvalue weighted by Gasteiger charge is 1.59. The van der Waals surface area contributed by atoms with E-state index in [0.717, 1.165) is 12.3 Å². The van der Waals surface area contributed by atoms with Crippen LogP contribution in [0.4, 0.5) is 0 Å². The molecule has 0 aromatic carbocycles. The Morgan fingerprint density at radius 3 is 1.80 bits per heavy atom. The average molecular weight is 206 g/mol. The molecule has 5 heavy (non-hydrogen) atoms. The predicted octanol–water partition coefficient (Wildman–Crippen LogP) is 2.25. The summed E-state index contributed by atoms with van der Waals surface area (Å²) in [6.45, 7) is 2.05. The van der Waals surface area contributed by atoms with Gasteiger partial charge in [-0.3, -0.25) is 0 Å². The van der Waals surface area contributed by atoms with E-state index in [2.05, 4.69) is 0 Å². The van der Waals surface area contributed by atoms with Crippen molar-refractivity contribution in [3.63, 3.8) is 0 Å². The van der Waals surface area contributed by atoms with E-state index >= 15 is 0 Å². The minimum absolute atomic E-state index is 0. The summed E-state index contributed by atoms with van der Waals surface area (Å²) in [5.41, 5.74) is 0. The van der Waals surface area contributed by atoms with E-state index in [1.807, 2.05) is 6.92 Å². The summed E-state index contributed by atoms with van der Waals surface area (Å²) in [5, 5.41) is 0. The number of alkyl halides is 1. The van der Waals surface area contributed by atoms with Crippen LogP contribution in [0.3, 0.4) is 0 Å². The summed E-state index contributed by atoms with van der Waals surface area (Å²) in [4.78, 5) is 0. The van der Waals surface area contributed by atoms with E-state index in [1.165, 1.54) is 0 Å². The maximum absolute atomic E-state index is 5.19. The van der Waals surface area contributed by atoms with Crippen molar-refractivity contribution < 1.29 is 0 Å². The SMILES string of the molecule is CCCCl.I. The molecule has 0 rings (SSSR count). The number of hydrogen-bond donors (Lipinski definition) is 0. The first-order valence-electron chi connectivity index (χ1n) is 1.47. The van der Waals surface area contributed by atoms with Crippen LogP contribution in [0.1, 0.15) is 13.3 Å². The van der Waals surface area contributed by atoms with Crippen molar-refractivity contribution in [1.82, 2.24) is 0 Å². The first kappa shape index (κ1) is 9.39. The van der Waals surface area contributed by atoms with Crippen LogP contribution < -0.4 is 0 Å². The standard InChI is InChI=1S/C3H7Cl.HI/c1-2-3-4;/h2-3H2,1H3;1H. The van der Waals surface area contributed by atoms with Crippen LogP contribution in [0.15, 0.2) is 0 Å². The molecule has 0 heterocycles. The Hall–Kier alpha value is 1.02. The van der Waals surface area contributed by atoms with Crippen LogP contribution in [0.5, 0.6) is 0 Å². The minimum Gasteiger partial charge on any atom is -0.127 e. The number of halogens is 2. The smallest absolute Gasteiger partial charge is 0.0220 e. The van der Waals surface area contributed by atoms with Crippen molar-refractivity contribution in [2.24, 2.45) is 0 Å². The largest absolute Gasteiger partial charge is 0.127 e. The molecule has 34 valence electrons. The molecule has 0 unspecified atom stereocenters. The fraction of sp³-hybridized carbons (Fsp3) is 1.00. The maximum Gasteiger partial charge on any atom is 0.0220 e. The molecule has 0 N–H and O–H groups in total. The summed E-state index contributed by atoms with van der Waals surface area (Å²) in [6, 6.07) is 0. The predicted molar refractivity (Wildman–Crippen MR) is 36.4 cm³/mol. The van der Waals surface area contributed by atoms with E-state index < -0.39 is 0 Å². The third-order valence-corrected chi connectivity index (χ3v) is 0.567. The molecule has 0 amide bonds. The summed E-state index contributed by atoms with van der Waals surface area (Å²) in [7, 11) is 0. The molecule has 0 saturated carbocycles.